The molecule has 1 heterocycles. The second-order valence-corrected chi connectivity index (χ2v) is 6.75. The van der Waals surface area contributed by atoms with Crippen molar-refractivity contribution in [3.05, 3.63) is 95.7 Å². The highest BCUT2D eigenvalue weighted by atomic mass is 16.5. The van der Waals surface area contributed by atoms with E-state index < -0.39 is 17.9 Å². The molecule has 0 aliphatic heterocycles. The molecule has 1 N–H and O–H groups in total. The molecule has 154 valence electrons. The number of rotatable bonds is 8. The van der Waals surface area contributed by atoms with E-state index in [1.54, 1.807) is 18.3 Å². The first kappa shape index (κ1) is 21.0. The molecule has 0 aliphatic carbocycles. The molecule has 2 aromatic carbocycles. The molecular weight excluding hydrogens is 380 g/mol. The summed E-state index contributed by atoms with van der Waals surface area (Å²) in [7, 11) is 2.84. The first-order valence-corrected chi connectivity index (χ1v) is 9.59. The number of amides is 1. The summed E-state index contributed by atoms with van der Waals surface area (Å²) in [6.07, 6.45) is 1.87. The van der Waals surface area contributed by atoms with Crippen LogP contribution in [0.5, 0.6) is 5.88 Å². The lowest BCUT2D eigenvalue weighted by atomic mass is 9.90. The molecule has 6 nitrogen and oxygen atoms in total. The van der Waals surface area contributed by atoms with Gasteiger partial charge in [0.15, 0.2) is 0 Å². The molecule has 1 amide bonds. The minimum atomic E-state index is -0.840. The fourth-order valence-electron chi connectivity index (χ4n) is 3.26. The average molecular weight is 404 g/mol. The van der Waals surface area contributed by atoms with E-state index in [1.807, 2.05) is 60.7 Å². The van der Waals surface area contributed by atoms with Gasteiger partial charge in [-0.25, -0.2) is 9.78 Å². The second-order valence-electron chi connectivity index (χ2n) is 6.75. The van der Waals surface area contributed by atoms with Crippen molar-refractivity contribution in [3.8, 4) is 5.88 Å². The van der Waals surface area contributed by atoms with Crippen molar-refractivity contribution in [2.75, 3.05) is 14.2 Å². The van der Waals surface area contributed by atoms with Crippen molar-refractivity contribution in [2.24, 2.45) is 0 Å². The number of nitrogens with one attached hydrogen (secondary N) is 1. The molecule has 0 radical (unpaired) electrons. The Bertz CT molecular complexity index is 920. The quantitative estimate of drug-likeness (QED) is 0.584. The smallest absolute Gasteiger partial charge is 0.328 e. The minimum absolute atomic E-state index is 0.256. The molecule has 0 aliphatic rings. The summed E-state index contributed by atoms with van der Waals surface area (Å²) in [6, 6.07) is 21.6. The minimum Gasteiger partial charge on any atom is -0.481 e. The Hall–Kier alpha value is -3.67. The third kappa shape index (κ3) is 5.23. The van der Waals surface area contributed by atoms with E-state index in [0.717, 1.165) is 16.7 Å². The average Bonchev–Trinajstić information content (AvgIpc) is 2.80. The maximum atomic E-state index is 13.3. The summed E-state index contributed by atoms with van der Waals surface area (Å²) in [4.78, 5) is 29.9. The predicted molar refractivity (Wildman–Crippen MR) is 113 cm³/mol. The Morgan fingerprint density at radius 1 is 0.900 bits per heavy atom. The van der Waals surface area contributed by atoms with E-state index in [-0.39, 0.29) is 12.3 Å². The maximum absolute atomic E-state index is 13.3. The van der Waals surface area contributed by atoms with Crippen molar-refractivity contribution < 1.29 is 19.1 Å². The van der Waals surface area contributed by atoms with E-state index in [1.165, 1.54) is 14.2 Å². The monoisotopic (exact) mass is 404 g/mol. The molecule has 0 saturated carbocycles. The van der Waals surface area contributed by atoms with Crippen LogP contribution in [0.2, 0.25) is 0 Å². The van der Waals surface area contributed by atoms with Crippen LogP contribution in [-0.4, -0.2) is 37.1 Å². The predicted octanol–water partition coefficient (Wildman–Crippen LogP) is 3.12. The lowest BCUT2D eigenvalue weighted by molar-refractivity contribution is -0.145. The molecule has 0 fully saturated rings. The lowest BCUT2D eigenvalue weighted by Crippen LogP contribution is -2.45. The van der Waals surface area contributed by atoms with Gasteiger partial charge in [0.25, 0.3) is 0 Å². The number of pyridine rings is 1. The molecule has 0 bridgehead atoms. The first-order valence-electron chi connectivity index (χ1n) is 9.59. The maximum Gasteiger partial charge on any atom is 0.328 e. The number of carbonyl (C=O) groups excluding carboxylic acids is 2. The summed E-state index contributed by atoms with van der Waals surface area (Å²) in [5.41, 5.74) is 2.47. The Morgan fingerprint density at radius 2 is 1.50 bits per heavy atom. The summed E-state index contributed by atoms with van der Waals surface area (Å²) in [6.45, 7) is 0. The largest absolute Gasteiger partial charge is 0.481 e. The van der Waals surface area contributed by atoms with E-state index in [0.29, 0.717) is 5.88 Å². The van der Waals surface area contributed by atoms with Gasteiger partial charge >= 0.3 is 5.97 Å². The third-order valence-corrected chi connectivity index (χ3v) is 4.78. The molecule has 1 aromatic heterocycles. The molecule has 3 rings (SSSR count). The van der Waals surface area contributed by atoms with E-state index in [4.69, 9.17) is 9.47 Å². The van der Waals surface area contributed by atoms with Gasteiger partial charge in [-0.1, -0.05) is 66.7 Å². The number of aromatic nitrogens is 1. The van der Waals surface area contributed by atoms with Gasteiger partial charge in [-0.3, -0.25) is 4.79 Å². The van der Waals surface area contributed by atoms with Crippen LogP contribution in [0.4, 0.5) is 0 Å². The Morgan fingerprint density at radius 3 is 1.97 bits per heavy atom. The Kier molecular flexibility index (Phi) is 7.16. The van der Waals surface area contributed by atoms with Gasteiger partial charge in [0, 0.05) is 18.7 Å². The zero-order valence-electron chi connectivity index (χ0n) is 16.9. The second kappa shape index (κ2) is 10.2. The van der Waals surface area contributed by atoms with Crippen LogP contribution in [0.1, 0.15) is 22.6 Å². The van der Waals surface area contributed by atoms with E-state index in [9.17, 15) is 9.59 Å². The molecule has 0 saturated heterocycles. The molecule has 0 unspecified atom stereocenters. The summed E-state index contributed by atoms with van der Waals surface area (Å²) in [5.74, 6) is -0.859. The highest BCUT2D eigenvalue weighted by Gasteiger charge is 2.28. The van der Waals surface area contributed by atoms with Crippen molar-refractivity contribution in [1.82, 2.24) is 10.3 Å². The van der Waals surface area contributed by atoms with Crippen molar-refractivity contribution in [1.29, 1.82) is 0 Å². The van der Waals surface area contributed by atoms with Crippen LogP contribution in [0.3, 0.4) is 0 Å². The summed E-state index contributed by atoms with van der Waals surface area (Å²) >= 11 is 0. The molecule has 0 spiro atoms. The third-order valence-electron chi connectivity index (χ3n) is 4.78. The zero-order valence-corrected chi connectivity index (χ0v) is 16.9. The highest BCUT2D eigenvalue weighted by Crippen LogP contribution is 2.25. The van der Waals surface area contributed by atoms with E-state index in [2.05, 4.69) is 10.3 Å². The fraction of sp³-hybridized carbons (Fsp3) is 0.208. The molecule has 1 atom stereocenters. The van der Waals surface area contributed by atoms with Crippen molar-refractivity contribution in [2.45, 2.75) is 18.4 Å². The normalized spacial score (nSPS) is 11.6. The van der Waals surface area contributed by atoms with Crippen LogP contribution < -0.4 is 10.1 Å². The van der Waals surface area contributed by atoms with Crippen LogP contribution >= 0.6 is 0 Å². The number of benzene rings is 2. The number of carbonyl (C=O) groups is 2. The van der Waals surface area contributed by atoms with Gasteiger partial charge in [0.2, 0.25) is 11.8 Å². The number of nitrogens with zero attached hydrogens (tertiary/aromatic N) is 1. The van der Waals surface area contributed by atoms with Gasteiger partial charge in [0.1, 0.15) is 6.04 Å². The van der Waals surface area contributed by atoms with Gasteiger partial charge in [-0.15, -0.1) is 0 Å². The van der Waals surface area contributed by atoms with Gasteiger partial charge in [0.05, 0.1) is 20.1 Å². The molecule has 3 aromatic rings. The molecule has 6 heteroatoms. The standard InChI is InChI=1S/C24H24N2O4/c1-29-21-14-13-17(16-25-21)15-20(24(28)30-2)26-23(27)22(18-9-5-3-6-10-18)19-11-7-4-8-12-19/h3-14,16,20,22H,15H2,1-2H3,(H,26,27)/t20-/m1/s1. The first-order chi connectivity index (χ1) is 14.6. The number of ether oxygens (including phenoxy) is 2. The molecule has 30 heavy (non-hydrogen) atoms. The summed E-state index contributed by atoms with van der Waals surface area (Å²) < 4.78 is 9.99. The number of methoxy groups -OCH3 is 2. The zero-order chi connectivity index (χ0) is 21.3. The van der Waals surface area contributed by atoms with Gasteiger partial charge in [-0.05, 0) is 16.7 Å². The van der Waals surface area contributed by atoms with Crippen LogP contribution in [0.15, 0.2) is 79.0 Å². The number of hydrogen-bond donors (Lipinski definition) is 1. The Labute approximate surface area is 175 Å². The van der Waals surface area contributed by atoms with Gasteiger partial charge in [-0.2, -0.15) is 0 Å². The number of hydrogen-bond acceptors (Lipinski definition) is 5. The van der Waals surface area contributed by atoms with Crippen molar-refractivity contribution >= 4 is 11.9 Å². The topological polar surface area (TPSA) is 77.5 Å². The van der Waals surface area contributed by atoms with Crippen molar-refractivity contribution in [3.63, 3.8) is 0 Å². The van der Waals surface area contributed by atoms with Crippen LogP contribution in [0, 0.1) is 0 Å². The van der Waals surface area contributed by atoms with Crippen LogP contribution in [-0.2, 0) is 20.7 Å². The lowest BCUT2D eigenvalue weighted by Gasteiger charge is -2.22. The van der Waals surface area contributed by atoms with Crippen LogP contribution in [0.25, 0.3) is 0 Å². The fourth-order valence-corrected chi connectivity index (χ4v) is 3.26. The summed E-state index contributed by atoms with van der Waals surface area (Å²) in [5, 5.41) is 2.87. The highest BCUT2D eigenvalue weighted by molar-refractivity contribution is 5.91. The van der Waals surface area contributed by atoms with Gasteiger partial charge < -0.3 is 14.8 Å². The SMILES string of the molecule is COC(=O)[C@@H](Cc1ccc(OC)nc1)NC(=O)C(c1ccccc1)c1ccccc1. The molecular formula is C24H24N2O4. The number of esters is 1. The Balaban J connectivity index is 1.85. The van der Waals surface area contributed by atoms with E-state index >= 15 is 0 Å².